The van der Waals surface area contributed by atoms with Gasteiger partial charge in [0.2, 0.25) is 0 Å². The van der Waals surface area contributed by atoms with Gasteiger partial charge in [-0.05, 0) is 57.5 Å². The van der Waals surface area contributed by atoms with E-state index in [1.54, 1.807) is 18.6 Å². The summed E-state index contributed by atoms with van der Waals surface area (Å²) < 4.78 is 17.3. The first kappa shape index (κ1) is 19.9. The van der Waals surface area contributed by atoms with Crippen molar-refractivity contribution in [3.63, 3.8) is 0 Å². The Labute approximate surface area is 181 Å². The summed E-state index contributed by atoms with van der Waals surface area (Å²) in [6.07, 6.45) is 6.92. The molecule has 0 aliphatic carbocycles. The number of halogens is 1. The number of phenolic OH excluding ortho intramolecular Hbond substituents is 1. The minimum absolute atomic E-state index is 0.116. The monoisotopic (exact) mass is 422 g/mol. The molecule has 0 unspecified atom stereocenters. The van der Waals surface area contributed by atoms with Crippen molar-refractivity contribution in [2.75, 3.05) is 19.0 Å². The van der Waals surface area contributed by atoms with Crippen LogP contribution in [-0.2, 0) is 0 Å². The third kappa shape index (κ3) is 3.17. The van der Waals surface area contributed by atoms with Crippen LogP contribution in [0.25, 0.3) is 16.9 Å². The fourth-order valence-corrected chi connectivity index (χ4v) is 5.16. The van der Waals surface area contributed by atoms with Gasteiger partial charge in [0.05, 0.1) is 29.3 Å². The van der Waals surface area contributed by atoms with E-state index in [0.29, 0.717) is 23.1 Å². The molecule has 0 amide bonds. The molecule has 4 heterocycles. The number of rotatable bonds is 4. The summed E-state index contributed by atoms with van der Waals surface area (Å²) in [4.78, 5) is 8.16. The second-order valence-electron chi connectivity index (χ2n) is 8.92. The SMILES string of the molecule is CN(c1ccc(-c2ccc(-n3ccnc3)cc2O)nn1)[C@H]1C[C@@H]2CC[C@](C)([C@@H]1F)N2C. The van der Waals surface area contributed by atoms with Gasteiger partial charge in [-0.25, -0.2) is 9.37 Å². The van der Waals surface area contributed by atoms with Gasteiger partial charge in [0.1, 0.15) is 11.9 Å². The molecule has 0 spiro atoms. The van der Waals surface area contributed by atoms with E-state index in [1.165, 1.54) is 0 Å². The Morgan fingerprint density at radius 3 is 2.74 bits per heavy atom. The minimum atomic E-state index is -0.956. The highest BCUT2D eigenvalue weighted by Crippen LogP contribution is 2.46. The van der Waals surface area contributed by atoms with E-state index >= 15 is 4.39 Å². The Bertz CT molecular complexity index is 1070. The predicted molar refractivity (Wildman–Crippen MR) is 117 cm³/mol. The van der Waals surface area contributed by atoms with Crippen LogP contribution in [0.3, 0.4) is 0 Å². The third-order valence-electron chi connectivity index (χ3n) is 7.35. The van der Waals surface area contributed by atoms with Gasteiger partial charge < -0.3 is 14.6 Å². The predicted octanol–water partition coefficient (Wildman–Crippen LogP) is 3.43. The topological polar surface area (TPSA) is 70.3 Å². The molecule has 31 heavy (non-hydrogen) atoms. The molecule has 162 valence electrons. The van der Waals surface area contributed by atoms with Gasteiger partial charge in [0.15, 0.2) is 5.82 Å². The van der Waals surface area contributed by atoms with E-state index in [1.807, 2.05) is 60.9 Å². The molecule has 2 aromatic heterocycles. The van der Waals surface area contributed by atoms with Gasteiger partial charge in [0, 0.05) is 37.1 Å². The second-order valence-corrected chi connectivity index (χ2v) is 8.92. The fourth-order valence-electron chi connectivity index (χ4n) is 5.16. The number of nitrogens with zero attached hydrogens (tertiary/aromatic N) is 6. The molecule has 2 fully saturated rings. The highest BCUT2D eigenvalue weighted by molar-refractivity contribution is 5.69. The lowest BCUT2D eigenvalue weighted by Gasteiger charge is -2.49. The number of anilines is 1. The maximum Gasteiger partial charge on any atom is 0.151 e. The largest absolute Gasteiger partial charge is 0.507 e. The summed E-state index contributed by atoms with van der Waals surface area (Å²) in [5.41, 5.74) is 1.55. The summed E-state index contributed by atoms with van der Waals surface area (Å²) in [6, 6.07) is 9.22. The number of benzene rings is 1. The van der Waals surface area contributed by atoms with Gasteiger partial charge in [-0.2, -0.15) is 0 Å². The lowest BCUT2D eigenvalue weighted by molar-refractivity contribution is 0.00185. The van der Waals surface area contributed by atoms with E-state index in [2.05, 4.69) is 20.1 Å². The van der Waals surface area contributed by atoms with Crippen LogP contribution in [0.15, 0.2) is 49.1 Å². The molecular weight excluding hydrogens is 395 g/mol. The first-order valence-corrected chi connectivity index (χ1v) is 10.6. The number of aromatic hydroxyl groups is 1. The smallest absolute Gasteiger partial charge is 0.151 e. The number of aromatic nitrogens is 4. The zero-order valence-corrected chi connectivity index (χ0v) is 18.0. The summed E-state index contributed by atoms with van der Waals surface area (Å²) in [7, 11) is 3.94. The quantitative estimate of drug-likeness (QED) is 0.695. The van der Waals surface area contributed by atoms with E-state index in [0.717, 1.165) is 24.9 Å². The van der Waals surface area contributed by atoms with Crippen molar-refractivity contribution in [3.8, 4) is 22.7 Å². The van der Waals surface area contributed by atoms with Gasteiger partial charge in [-0.15, -0.1) is 10.2 Å². The van der Waals surface area contributed by atoms with Crippen molar-refractivity contribution < 1.29 is 9.50 Å². The van der Waals surface area contributed by atoms with Crippen molar-refractivity contribution in [3.05, 3.63) is 49.1 Å². The summed E-state index contributed by atoms with van der Waals surface area (Å²) in [5.74, 6) is 0.753. The van der Waals surface area contributed by atoms with E-state index in [4.69, 9.17) is 0 Å². The van der Waals surface area contributed by atoms with Crippen molar-refractivity contribution in [1.29, 1.82) is 0 Å². The molecular formula is C23H27FN6O. The summed E-state index contributed by atoms with van der Waals surface area (Å²) >= 11 is 0. The molecule has 2 aliphatic heterocycles. The van der Waals surface area contributed by atoms with E-state index in [9.17, 15) is 5.11 Å². The number of imidazole rings is 1. The molecule has 2 aliphatic rings. The van der Waals surface area contributed by atoms with Crippen molar-refractivity contribution in [1.82, 2.24) is 24.6 Å². The lowest BCUT2D eigenvalue weighted by Crippen LogP contribution is -2.62. The van der Waals surface area contributed by atoms with Crippen molar-refractivity contribution in [2.24, 2.45) is 0 Å². The molecule has 2 saturated heterocycles. The van der Waals surface area contributed by atoms with Crippen LogP contribution in [-0.4, -0.2) is 67.6 Å². The number of alkyl halides is 1. The molecule has 7 nitrogen and oxygen atoms in total. The average molecular weight is 423 g/mol. The molecule has 4 atom stereocenters. The van der Waals surface area contributed by atoms with E-state index < -0.39 is 11.7 Å². The standard InChI is InChI=1S/C23H27FN6O/c1-23-9-8-15(29(23)3)12-19(22(23)24)28(2)21-7-6-18(26-27-21)17-5-4-16(13-20(17)31)30-11-10-25-14-30/h4-7,10-11,13-15,19,22,31H,8-9,12H2,1-3H3/t15-,19-,22+,23+/m0/s1. The zero-order valence-electron chi connectivity index (χ0n) is 18.0. The number of fused-ring (bicyclic) bond motifs is 2. The van der Waals surface area contributed by atoms with Gasteiger partial charge in [0.25, 0.3) is 0 Å². The van der Waals surface area contributed by atoms with Crippen LogP contribution in [0.5, 0.6) is 5.75 Å². The molecule has 1 N–H and O–H groups in total. The third-order valence-corrected chi connectivity index (χ3v) is 7.35. The fraction of sp³-hybridized carbons (Fsp3) is 0.435. The number of hydrogen-bond donors (Lipinski definition) is 1. The zero-order chi connectivity index (χ0) is 21.8. The molecule has 8 heteroatoms. The summed E-state index contributed by atoms with van der Waals surface area (Å²) in [6.45, 7) is 2.03. The van der Waals surface area contributed by atoms with Gasteiger partial charge in [-0.1, -0.05) is 0 Å². The first-order chi connectivity index (χ1) is 14.9. The van der Waals surface area contributed by atoms with Gasteiger partial charge >= 0.3 is 0 Å². The number of phenols is 1. The molecule has 3 aromatic rings. The Morgan fingerprint density at radius 1 is 1.23 bits per heavy atom. The molecule has 1 aromatic carbocycles. The highest BCUT2D eigenvalue weighted by Gasteiger charge is 2.55. The van der Waals surface area contributed by atoms with Crippen LogP contribution in [0.1, 0.15) is 26.2 Å². The molecule has 0 saturated carbocycles. The lowest BCUT2D eigenvalue weighted by atomic mass is 9.84. The van der Waals surface area contributed by atoms with Crippen LogP contribution in [0.4, 0.5) is 10.2 Å². The summed E-state index contributed by atoms with van der Waals surface area (Å²) in [5, 5.41) is 19.2. The Balaban J connectivity index is 1.37. The molecule has 5 rings (SSSR count). The van der Waals surface area contributed by atoms with Crippen LogP contribution in [0, 0.1) is 0 Å². The van der Waals surface area contributed by atoms with Crippen LogP contribution >= 0.6 is 0 Å². The Morgan fingerprint density at radius 2 is 2.06 bits per heavy atom. The number of hydrogen-bond acceptors (Lipinski definition) is 6. The first-order valence-electron chi connectivity index (χ1n) is 10.6. The maximum absolute atomic E-state index is 15.5. The molecule has 2 bridgehead atoms. The van der Waals surface area contributed by atoms with Crippen molar-refractivity contribution >= 4 is 5.82 Å². The Hall–Kier alpha value is -3.00. The highest BCUT2D eigenvalue weighted by atomic mass is 19.1. The van der Waals surface area contributed by atoms with Crippen LogP contribution in [0.2, 0.25) is 0 Å². The van der Waals surface area contributed by atoms with Gasteiger partial charge in [-0.3, -0.25) is 4.90 Å². The normalized spacial score (nSPS) is 28.1. The average Bonchev–Trinajstić information content (AvgIpc) is 3.38. The molecule has 0 radical (unpaired) electrons. The Kier molecular flexibility index (Phi) is 4.69. The minimum Gasteiger partial charge on any atom is -0.507 e. The maximum atomic E-state index is 15.5. The van der Waals surface area contributed by atoms with Crippen LogP contribution < -0.4 is 4.90 Å². The van der Waals surface area contributed by atoms with Crippen molar-refractivity contribution in [2.45, 2.75) is 50.0 Å². The second kappa shape index (κ2) is 7.30. The van der Waals surface area contributed by atoms with E-state index in [-0.39, 0.29) is 11.8 Å². The number of piperidine rings is 1.